The molecule has 0 unspecified atom stereocenters. The molecule has 8 nitrogen and oxygen atoms in total. The third kappa shape index (κ3) is 6.47. The summed E-state index contributed by atoms with van der Waals surface area (Å²) in [5.41, 5.74) is 1.05. The Morgan fingerprint density at radius 1 is 0.844 bits per heavy atom. The summed E-state index contributed by atoms with van der Waals surface area (Å²) < 4.78 is 51.7. The highest BCUT2D eigenvalue weighted by molar-refractivity contribution is 9.10. The number of hydrogen-bond acceptors (Lipinski definition) is 5. The summed E-state index contributed by atoms with van der Waals surface area (Å²) in [5, 5.41) is 7.70. The van der Waals surface area contributed by atoms with Crippen molar-refractivity contribution in [3.05, 3.63) is 88.9 Å². The van der Waals surface area contributed by atoms with Crippen molar-refractivity contribution in [1.82, 2.24) is 4.72 Å². The van der Waals surface area contributed by atoms with Gasteiger partial charge in [-0.05, 0) is 60.5 Å². The molecule has 32 heavy (non-hydrogen) atoms. The van der Waals surface area contributed by atoms with Crippen LogP contribution in [0.25, 0.3) is 0 Å². The zero-order valence-electron chi connectivity index (χ0n) is 16.6. The highest BCUT2D eigenvalue weighted by Gasteiger charge is 2.26. The topological polar surface area (TPSA) is 135 Å². The van der Waals surface area contributed by atoms with Crippen molar-refractivity contribution in [3.8, 4) is 0 Å². The molecule has 3 aromatic rings. The van der Waals surface area contributed by atoms with Crippen LogP contribution in [-0.2, 0) is 31.3 Å². The SMILES string of the molecule is NS(=O)(=O)c1ccc(NC(=O)[C@@H](Cc2ccccc2)NS(=O)(=O)c2ccc(Br)cc2)cc1. The van der Waals surface area contributed by atoms with E-state index in [4.69, 9.17) is 5.14 Å². The van der Waals surface area contributed by atoms with E-state index >= 15 is 0 Å². The Morgan fingerprint density at radius 3 is 1.97 bits per heavy atom. The number of nitrogens with two attached hydrogens (primary N) is 1. The molecule has 0 saturated carbocycles. The van der Waals surface area contributed by atoms with Gasteiger partial charge in [-0.1, -0.05) is 46.3 Å². The second-order valence-corrected chi connectivity index (χ2v) is 11.1. The molecular formula is C21H20BrN3O5S2. The average Bonchev–Trinajstić information content (AvgIpc) is 2.74. The molecule has 4 N–H and O–H groups in total. The van der Waals surface area contributed by atoms with Crippen molar-refractivity contribution in [3.63, 3.8) is 0 Å². The maximum absolute atomic E-state index is 13.0. The minimum atomic E-state index is -3.99. The van der Waals surface area contributed by atoms with E-state index in [1.54, 1.807) is 36.4 Å². The van der Waals surface area contributed by atoms with E-state index in [0.717, 1.165) is 10.0 Å². The summed E-state index contributed by atoms with van der Waals surface area (Å²) in [6, 6.07) is 19.1. The van der Waals surface area contributed by atoms with Crippen molar-refractivity contribution in [2.75, 3.05) is 5.32 Å². The van der Waals surface area contributed by atoms with Crippen LogP contribution in [0.3, 0.4) is 0 Å². The zero-order valence-corrected chi connectivity index (χ0v) is 19.8. The number of anilines is 1. The van der Waals surface area contributed by atoms with Gasteiger partial charge < -0.3 is 5.32 Å². The zero-order chi connectivity index (χ0) is 23.4. The van der Waals surface area contributed by atoms with Crippen molar-refractivity contribution in [1.29, 1.82) is 0 Å². The predicted octanol–water partition coefficient (Wildman–Crippen LogP) is 2.62. The molecule has 0 aliphatic heterocycles. The Labute approximate surface area is 195 Å². The molecule has 0 aliphatic rings. The lowest BCUT2D eigenvalue weighted by atomic mass is 10.1. The second kappa shape index (κ2) is 9.92. The van der Waals surface area contributed by atoms with Gasteiger partial charge in [0.05, 0.1) is 9.79 Å². The summed E-state index contributed by atoms with van der Waals surface area (Å²) in [6.07, 6.45) is 0.109. The first-order valence-electron chi connectivity index (χ1n) is 9.30. The Kier molecular flexibility index (Phi) is 7.47. The molecular weight excluding hydrogens is 518 g/mol. The number of nitrogens with one attached hydrogen (secondary N) is 2. The molecule has 11 heteroatoms. The molecule has 0 saturated heterocycles. The predicted molar refractivity (Wildman–Crippen MR) is 125 cm³/mol. The molecule has 3 rings (SSSR count). The highest BCUT2D eigenvalue weighted by Crippen LogP contribution is 2.17. The molecule has 0 bridgehead atoms. The molecule has 1 atom stereocenters. The lowest BCUT2D eigenvalue weighted by Gasteiger charge is -2.19. The van der Waals surface area contributed by atoms with Gasteiger partial charge in [0.1, 0.15) is 6.04 Å². The van der Waals surface area contributed by atoms with Crippen LogP contribution in [0.5, 0.6) is 0 Å². The number of carbonyl (C=O) groups is 1. The first kappa shape index (κ1) is 24.1. The fraction of sp³-hybridized carbons (Fsp3) is 0.0952. The van der Waals surface area contributed by atoms with Gasteiger partial charge in [-0.3, -0.25) is 4.79 Å². The summed E-state index contributed by atoms with van der Waals surface area (Å²) in [6.45, 7) is 0. The van der Waals surface area contributed by atoms with Crippen LogP contribution in [0.15, 0.2) is 93.1 Å². The van der Waals surface area contributed by atoms with Crippen molar-refractivity contribution in [2.24, 2.45) is 5.14 Å². The Bertz CT molecular complexity index is 1300. The molecule has 0 heterocycles. The second-order valence-electron chi connectivity index (χ2n) is 6.88. The fourth-order valence-corrected chi connectivity index (χ4v) is 4.84. The number of sulfonamides is 2. The van der Waals surface area contributed by atoms with E-state index in [-0.39, 0.29) is 16.2 Å². The summed E-state index contributed by atoms with van der Waals surface area (Å²) in [4.78, 5) is 12.9. The van der Waals surface area contributed by atoms with Crippen LogP contribution in [0.2, 0.25) is 0 Å². The minimum absolute atomic E-state index is 0.0177. The molecule has 168 valence electrons. The van der Waals surface area contributed by atoms with E-state index in [1.165, 1.54) is 36.4 Å². The van der Waals surface area contributed by atoms with Gasteiger partial charge in [0.15, 0.2) is 0 Å². The summed E-state index contributed by atoms with van der Waals surface area (Å²) >= 11 is 3.26. The molecule has 0 aromatic heterocycles. The van der Waals surface area contributed by atoms with E-state index in [2.05, 4.69) is 26.0 Å². The average molecular weight is 538 g/mol. The molecule has 0 aliphatic carbocycles. The van der Waals surface area contributed by atoms with Gasteiger partial charge in [0, 0.05) is 10.2 Å². The number of amides is 1. The van der Waals surface area contributed by atoms with Gasteiger partial charge in [-0.15, -0.1) is 0 Å². The lowest BCUT2D eigenvalue weighted by Crippen LogP contribution is -2.45. The van der Waals surface area contributed by atoms with E-state index in [0.29, 0.717) is 5.69 Å². The smallest absolute Gasteiger partial charge is 0.242 e. The van der Waals surface area contributed by atoms with E-state index < -0.39 is 32.0 Å². The Hall–Kier alpha value is -2.57. The monoisotopic (exact) mass is 537 g/mol. The molecule has 0 fully saturated rings. The van der Waals surface area contributed by atoms with Crippen LogP contribution in [0, 0.1) is 0 Å². The third-order valence-electron chi connectivity index (χ3n) is 4.47. The van der Waals surface area contributed by atoms with Gasteiger partial charge in [-0.2, -0.15) is 4.72 Å². The summed E-state index contributed by atoms with van der Waals surface area (Å²) in [5.74, 6) is -0.599. The molecule has 1 amide bonds. The van der Waals surface area contributed by atoms with Crippen LogP contribution in [0.4, 0.5) is 5.69 Å². The highest BCUT2D eigenvalue weighted by atomic mass is 79.9. The van der Waals surface area contributed by atoms with Crippen LogP contribution in [-0.4, -0.2) is 28.8 Å². The van der Waals surface area contributed by atoms with Crippen molar-refractivity contribution in [2.45, 2.75) is 22.3 Å². The third-order valence-corrected chi connectivity index (χ3v) is 7.42. The largest absolute Gasteiger partial charge is 0.325 e. The first-order valence-corrected chi connectivity index (χ1v) is 13.1. The maximum atomic E-state index is 13.0. The van der Waals surface area contributed by atoms with Crippen LogP contribution < -0.4 is 15.2 Å². The lowest BCUT2D eigenvalue weighted by molar-refractivity contribution is -0.117. The number of benzene rings is 3. The fourth-order valence-electron chi connectivity index (χ4n) is 2.86. The van der Waals surface area contributed by atoms with Gasteiger partial charge >= 0.3 is 0 Å². The quantitative estimate of drug-likeness (QED) is 0.405. The number of rotatable bonds is 8. The minimum Gasteiger partial charge on any atom is -0.325 e. The Balaban J connectivity index is 1.85. The standard InChI is InChI=1S/C21H20BrN3O5S2/c22-16-6-10-19(11-7-16)32(29,30)25-20(14-15-4-2-1-3-5-15)21(26)24-17-8-12-18(13-9-17)31(23,27)28/h1-13,20,25H,14H2,(H,24,26)(H2,23,27,28)/t20-/m1/s1. The number of primary sulfonamides is 1. The summed E-state index contributed by atoms with van der Waals surface area (Å²) in [7, 11) is -7.86. The van der Waals surface area contributed by atoms with Gasteiger partial charge in [0.25, 0.3) is 0 Å². The number of hydrogen-bond donors (Lipinski definition) is 3. The molecule has 0 radical (unpaired) electrons. The van der Waals surface area contributed by atoms with E-state index in [1.807, 2.05) is 6.07 Å². The van der Waals surface area contributed by atoms with Gasteiger partial charge in [-0.25, -0.2) is 22.0 Å². The maximum Gasteiger partial charge on any atom is 0.242 e. The van der Waals surface area contributed by atoms with Crippen molar-refractivity contribution >= 4 is 47.6 Å². The number of halogens is 1. The van der Waals surface area contributed by atoms with Crippen LogP contribution in [0.1, 0.15) is 5.56 Å². The Morgan fingerprint density at radius 2 is 1.41 bits per heavy atom. The molecule has 3 aromatic carbocycles. The normalized spacial score (nSPS) is 12.8. The number of carbonyl (C=O) groups excluding carboxylic acids is 1. The van der Waals surface area contributed by atoms with Crippen molar-refractivity contribution < 1.29 is 21.6 Å². The van der Waals surface area contributed by atoms with Gasteiger partial charge in [0.2, 0.25) is 26.0 Å². The van der Waals surface area contributed by atoms with Crippen LogP contribution >= 0.6 is 15.9 Å². The first-order chi connectivity index (χ1) is 15.0. The van der Waals surface area contributed by atoms with E-state index in [9.17, 15) is 21.6 Å². The molecule has 0 spiro atoms.